The summed E-state index contributed by atoms with van der Waals surface area (Å²) in [5.41, 5.74) is 12.8. The molecule has 4 atom stereocenters. The van der Waals surface area contributed by atoms with Gasteiger partial charge in [-0.05, 0) is 74.9 Å². The first-order valence-electron chi connectivity index (χ1n) is 13.5. The van der Waals surface area contributed by atoms with E-state index in [9.17, 15) is 9.59 Å². The van der Waals surface area contributed by atoms with Crippen LogP contribution in [0.5, 0.6) is 11.5 Å². The fourth-order valence-electron chi connectivity index (χ4n) is 4.50. The summed E-state index contributed by atoms with van der Waals surface area (Å²) >= 11 is 2.99. The fraction of sp³-hybridized carbons (Fsp3) is 0.312. The molecule has 0 radical (unpaired) electrons. The van der Waals surface area contributed by atoms with Crippen LogP contribution >= 0.6 is 22.7 Å². The lowest BCUT2D eigenvalue weighted by atomic mass is 9.98. The van der Waals surface area contributed by atoms with E-state index in [-0.39, 0.29) is 12.8 Å². The first-order chi connectivity index (χ1) is 20.0. The van der Waals surface area contributed by atoms with E-state index in [0.717, 1.165) is 20.9 Å². The SMILES string of the molecule is Cc1ccc(OC(C)(CC(N)OC(=O)C(=O)OC(N)CC(C)(Oc2ccc(C)cc2)c2cccs2)c2cccs2)cc1. The largest absolute Gasteiger partial charge is 0.482 e. The molecule has 4 aromatic rings. The molecule has 0 aliphatic carbocycles. The molecule has 2 heterocycles. The molecule has 4 N–H and O–H groups in total. The standard InChI is InChI=1S/C32H36N2O6S2/c1-21-9-13-23(14-10-21)39-31(3,25-7-5-17-41-25)19-27(33)37-29(35)30(36)38-28(34)20-32(4,26-8-6-18-42-26)40-24-15-11-22(2)12-16-24/h5-18,27-28H,19-20,33-34H2,1-4H3. The zero-order chi connectivity index (χ0) is 30.3. The van der Waals surface area contributed by atoms with Crippen LogP contribution in [-0.2, 0) is 30.3 Å². The molecule has 0 fully saturated rings. The van der Waals surface area contributed by atoms with Crippen molar-refractivity contribution in [2.45, 2.75) is 64.2 Å². The fourth-order valence-corrected chi connectivity index (χ4v) is 6.17. The molecule has 0 aliphatic heterocycles. The topological polar surface area (TPSA) is 123 Å². The summed E-state index contributed by atoms with van der Waals surface area (Å²) in [5, 5.41) is 3.85. The molecule has 42 heavy (non-hydrogen) atoms. The lowest BCUT2D eigenvalue weighted by Gasteiger charge is -2.32. The number of aryl methyl sites for hydroxylation is 2. The highest BCUT2D eigenvalue weighted by Gasteiger charge is 2.37. The van der Waals surface area contributed by atoms with Crippen molar-refractivity contribution in [3.8, 4) is 11.5 Å². The Morgan fingerprint density at radius 2 is 1.02 bits per heavy atom. The Bertz CT molecular complexity index is 1330. The monoisotopic (exact) mass is 608 g/mol. The third kappa shape index (κ3) is 8.19. The van der Waals surface area contributed by atoms with E-state index in [1.54, 1.807) is 0 Å². The summed E-state index contributed by atoms with van der Waals surface area (Å²) in [6.45, 7) is 7.70. The van der Waals surface area contributed by atoms with Gasteiger partial charge < -0.3 is 18.9 Å². The second-order valence-corrected chi connectivity index (χ2v) is 12.4. The highest BCUT2D eigenvalue weighted by atomic mass is 32.1. The first-order valence-corrected chi connectivity index (χ1v) is 15.2. The van der Waals surface area contributed by atoms with Gasteiger partial charge in [0.05, 0.1) is 0 Å². The van der Waals surface area contributed by atoms with Crippen LogP contribution in [0.25, 0.3) is 0 Å². The van der Waals surface area contributed by atoms with Crippen LogP contribution in [0.2, 0.25) is 0 Å². The zero-order valence-electron chi connectivity index (χ0n) is 24.1. The van der Waals surface area contributed by atoms with E-state index in [0.29, 0.717) is 11.5 Å². The number of carbonyl (C=O) groups is 2. The molecule has 10 heteroatoms. The van der Waals surface area contributed by atoms with E-state index in [1.165, 1.54) is 22.7 Å². The Hall–Kier alpha value is -3.70. The van der Waals surface area contributed by atoms with Crippen molar-refractivity contribution < 1.29 is 28.5 Å². The minimum atomic E-state index is -1.24. The minimum Gasteiger partial charge on any atom is -0.482 e. The van der Waals surface area contributed by atoms with Crippen molar-refractivity contribution in [1.82, 2.24) is 0 Å². The number of hydrogen-bond donors (Lipinski definition) is 2. The van der Waals surface area contributed by atoms with Crippen molar-refractivity contribution >= 4 is 34.6 Å². The maximum Gasteiger partial charge on any atom is 0.419 e. The smallest absolute Gasteiger partial charge is 0.419 e. The van der Waals surface area contributed by atoms with Crippen LogP contribution < -0.4 is 20.9 Å². The van der Waals surface area contributed by atoms with Gasteiger partial charge in [-0.25, -0.2) is 9.59 Å². The van der Waals surface area contributed by atoms with Crippen LogP contribution in [0.4, 0.5) is 0 Å². The third-order valence-corrected chi connectivity index (χ3v) is 8.91. The Morgan fingerprint density at radius 3 is 1.33 bits per heavy atom. The summed E-state index contributed by atoms with van der Waals surface area (Å²) in [7, 11) is 0. The van der Waals surface area contributed by atoms with Gasteiger partial charge >= 0.3 is 11.9 Å². The Kier molecular flexibility index (Phi) is 10.1. The molecule has 0 aliphatic rings. The molecule has 0 amide bonds. The minimum absolute atomic E-state index is 0.0906. The molecule has 0 saturated heterocycles. The van der Waals surface area contributed by atoms with Crippen LogP contribution in [0, 0.1) is 13.8 Å². The number of ether oxygens (including phenoxy) is 4. The number of nitrogens with two attached hydrogens (primary N) is 2. The summed E-state index contributed by atoms with van der Waals surface area (Å²) in [5.74, 6) is -1.19. The van der Waals surface area contributed by atoms with Crippen molar-refractivity contribution in [2.75, 3.05) is 0 Å². The summed E-state index contributed by atoms with van der Waals surface area (Å²) in [6.07, 6.45) is -2.12. The Labute approximate surface area is 254 Å². The van der Waals surface area contributed by atoms with Gasteiger partial charge in [0.15, 0.2) is 12.5 Å². The lowest BCUT2D eigenvalue weighted by molar-refractivity contribution is -0.176. The normalized spacial score (nSPS) is 15.5. The molecular formula is C32H36N2O6S2. The van der Waals surface area contributed by atoms with Crippen molar-refractivity contribution in [3.63, 3.8) is 0 Å². The second kappa shape index (κ2) is 13.5. The second-order valence-electron chi connectivity index (χ2n) is 10.5. The summed E-state index contributed by atoms with van der Waals surface area (Å²) < 4.78 is 23.2. The number of carbonyl (C=O) groups excluding carboxylic acids is 2. The zero-order valence-corrected chi connectivity index (χ0v) is 25.7. The van der Waals surface area contributed by atoms with E-state index >= 15 is 0 Å². The maximum absolute atomic E-state index is 12.7. The van der Waals surface area contributed by atoms with Gasteiger partial charge in [-0.15, -0.1) is 22.7 Å². The quantitative estimate of drug-likeness (QED) is 0.112. The van der Waals surface area contributed by atoms with Gasteiger partial charge in [0.25, 0.3) is 0 Å². The van der Waals surface area contributed by atoms with E-state index < -0.39 is 35.6 Å². The van der Waals surface area contributed by atoms with Gasteiger partial charge in [0, 0.05) is 22.6 Å². The molecule has 2 aromatic carbocycles. The molecule has 0 spiro atoms. The lowest BCUT2D eigenvalue weighted by Crippen LogP contribution is -2.43. The Balaban J connectivity index is 1.38. The Morgan fingerprint density at radius 1 is 0.667 bits per heavy atom. The number of esters is 2. The highest BCUT2D eigenvalue weighted by Crippen LogP contribution is 2.36. The molecular weight excluding hydrogens is 572 g/mol. The molecule has 4 rings (SSSR count). The van der Waals surface area contributed by atoms with E-state index in [4.69, 9.17) is 30.4 Å². The van der Waals surface area contributed by atoms with Crippen molar-refractivity contribution in [2.24, 2.45) is 11.5 Å². The van der Waals surface area contributed by atoms with Crippen molar-refractivity contribution in [1.29, 1.82) is 0 Å². The van der Waals surface area contributed by atoms with Crippen LogP contribution in [0.3, 0.4) is 0 Å². The number of hydrogen-bond acceptors (Lipinski definition) is 10. The maximum atomic E-state index is 12.7. The molecule has 8 nitrogen and oxygen atoms in total. The average molecular weight is 609 g/mol. The van der Waals surface area contributed by atoms with Gasteiger partial charge in [-0.1, -0.05) is 47.5 Å². The van der Waals surface area contributed by atoms with Gasteiger partial charge in [0.1, 0.15) is 22.7 Å². The predicted molar refractivity (Wildman–Crippen MR) is 164 cm³/mol. The summed E-state index contributed by atoms with van der Waals surface area (Å²) in [6, 6.07) is 22.9. The van der Waals surface area contributed by atoms with Gasteiger partial charge in [0.2, 0.25) is 0 Å². The van der Waals surface area contributed by atoms with Crippen LogP contribution in [0.1, 0.15) is 47.6 Å². The van der Waals surface area contributed by atoms with Gasteiger partial charge in [-0.3, -0.25) is 11.5 Å². The summed E-state index contributed by atoms with van der Waals surface area (Å²) in [4.78, 5) is 27.1. The number of thiophene rings is 2. The van der Waals surface area contributed by atoms with E-state index in [2.05, 4.69) is 0 Å². The highest BCUT2D eigenvalue weighted by molar-refractivity contribution is 7.10. The van der Waals surface area contributed by atoms with E-state index in [1.807, 2.05) is 111 Å². The molecule has 0 saturated carbocycles. The molecule has 2 aromatic heterocycles. The number of rotatable bonds is 12. The predicted octanol–water partition coefficient (Wildman–Crippen LogP) is 6.15. The first kappa shape index (κ1) is 31.2. The molecule has 4 unspecified atom stereocenters. The van der Waals surface area contributed by atoms with Crippen LogP contribution in [0.15, 0.2) is 83.6 Å². The van der Waals surface area contributed by atoms with Crippen molar-refractivity contribution in [3.05, 3.63) is 104 Å². The molecule has 222 valence electrons. The number of benzene rings is 2. The van der Waals surface area contributed by atoms with Gasteiger partial charge in [-0.2, -0.15) is 0 Å². The molecule has 0 bridgehead atoms. The van der Waals surface area contributed by atoms with Crippen LogP contribution in [-0.4, -0.2) is 24.4 Å². The average Bonchev–Trinajstić information content (AvgIpc) is 3.67. The third-order valence-electron chi connectivity index (χ3n) is 6.68.